The lowest BCUT2D eigenvalue weighted by Gasteiger charge is -2.14. The molecule has 1 aromatic heterocycles. The molecule has 1 amide bonds. The molecular weight excluding hydrogens is 356 g/mol. The van der Waals surface area contributed by atoms with Gasteiger partial charge in [0.05, 0.1) is 18.4 Å². The number of nitrogens with one attached hydrogen (secondary N) is 1. The first-order valence-electron chi connectivity index (χ1n) is 9.16. The van der Waals surface area contributed by atoms with E-state index in [-0.39, 0.29) is 24.5 Å². The van der Waals surface area contributed by atoms with Crippen molar-refractivity contribution >= 4 is 17.6 Å². The van der Waals surface area contributed by atoms with E-state index in [4.69, 9.17) is 9.15 Å². The Bertz CT molecular complexity index is 890. The summed E-state index contributed by atoms with van der Waals surface area (Å²) in [4.78, 5) is 24.1. The molecule has 3 N–H and O–H groups in total. The second-order valence-electron chi connectivity index (χ2n) is 6.19. The average molecular weight is 379 g/mol. The van der Waals surface area contributed by atoms with Crippen molar-refractivity contribution in [3.05, 3.63) is 89.9 Å². The highest BCUT2D eigenvalue weighted by Crippen LogP contribution is 2.18. The molecule has 1 atom stereocenters. The van der Waals surface area contributed by atoms with Gasteiger partial charge in [0.2, 0.25) is 0 Å². The number of esters is 1. The van der Waals surface area contributed by atoms with Crippen LogP contribution in [0, 0.1) is 0 Å². The van der Waals surface area contributed by atoms with E-state index < -0.39 is 0 Å². The fourth-order valence-corrected chi connectivity index (χ4v) is 2.89. The molecule has 0 aliphatic carbocycles. The first kappa shape index (κ1) is 19.4. The van der Waals surface area contributed by atoms with Gasteiger partial charge in [-0.15, -0.1) is 0 Å². The molecule has 0 fully saturated rings. The van der Waals surface area contributed by atoms with Gasteiger partial charge < -0.3 is 19.8 Å². The maximum Gasteiger partial charge on any atom is 0.338 e. The van der Waals surface area contributed by atoms with Crippen LogP contribution in [0.1, 0.15) is 34.6 Å². The quantitative estimate of drug-likeness (QED) is 0.590. The minimum Gasteiger partial charge on any atom is -0.463 e. The monoisotopic (exact) mass is 379 g/mol. The van der Waals surface area contributed by atoms with Crippen LogP contribution in [0.15, 0.2) is 77.4 Å². The standard InChI is InChI=1S/C22H22N2O4/c1-2-27-22(26)17-10-12-18(13-11-17)24-20(25)15-23-21(19-9-6-14-28-19)16-7-4-3-5-8-16/h3-14,21,23H,2,15H2,1H3,(H,24,25)/p+1/t21-/m1/s1. The molecule has 0 bridgehead atoms. The zero-order valence-electron chi connectivity index (χ0n) is 15.6. The van der Waals surface area contributed by atoms with Crippen molar-refractivity contribution in [2.45, 2.75) is 13.0 Å². The van der Waals surface area contributed by atoms with E-state index in [9.17, 15) is 9.59 Å². The van der Waals surface area contributed by atoms with Crippen LogP contribution < -0.4 is 10.6 Å². The van der Waals surface area contributed by atoms with E-state index in [0.717, 1.165) is 11.3 Å². The molecule has 0 saturated heterocycles. The number of hydrogen-bond acceptors (Lipinski definition) is 4. The van der Waals surface area contributed by atoms with Crippen LogP contribution in [0.2, 0.25) is 0 Å². The summed E-state index contributed by atoms with van der Waals surface area (Å²) in [5.41, 5.74) is 2.14. The maximum atomic E-state index is 12.4. The maximum absolute atomic E-state index is 12.4. The zero-order valence-corrected chi connectivity index (χ0v) is 15.6. The Hall–Kier alpha value is -3.38. The number of amides is 1. The Balaban J connectivity index is 1.60. The number of hydrogen-bond donors (Lipinski definition) is 2. The predicted octanol–water partition coefficient (Wildman–Crippen LogP) is 2.75. The molecule has 0 spiro atoms. The van der Waals surface area contributed by atoms with Crippen molar-refractivity contribution in [2.75, 3.05) is 18.5 Å². The molecule has 0 aliphatic rings. The molecule has 0 unspecified atom stereocenters. The van der Waals surface area contributed by atoms with Crippen LogP contribution in [-0.4, -0.2) is 25.0 Å². The highest BCUT2D eigenvalue weighted by atomic mass is 16.5. The van der Waals surface area contributed by atoms with Gasteiger partial charge in [-0.3, -0.25) is 4.79 Å². The largest absolute Gasteiger partial charge is 0.463 e. The van der Waals surface area contributed by atoms with Gasteiger partial charge in [-0.1, -0.05) is 30.3 Å². The lowest BCUT2D eigenvalue weighted by atomic mass is 10.0. The number of carbonyl (C=O) groups excluding carboxylic acids is 2. The Morgan fingerprint density at radius 2 is 1.79 bits per heavy atom. The van der Waals surface area contributed by atoms with E-state index in [1.54, 1.807) is 37.5 Å². The normalized spacial score (nSPS) is 11.6. The Morgan fingerprint density at radius 3 is 2.43 bits per heavy atom. The molecule has 0 aliphatic heterocycles. The third-order valence-electron chi connectivity index (χ3n) is 4.23. The van der Waals surface area contributed by atoms with Crippen LogP contribution in [0.5, 0.6) is 0 Å². The number of furan rings is 1. The highest BCUT2D eigenvalue weighted by Gasteiger charge is 2.21. The molecule has 1 heterocycles. The van der Waals surface area contributed by atoms with Crippen LogP contribution in [0.25, 0.3) is 0 Å². The first-order chi connectivity index (χ1) is 13.7. The lowest BCUT2D eigenvalue weighted by molar-refractivity contribution is -0.678. The summed E-state index contributed by atoms with van der Waals surface area (Å²) in [5, 5.41) is 4.77. The van der Waals surface area contributed by atoms with Gasteiger partial charge in [-0.05, 0) is 43.3 Å². The third-order valence-corrected chi connectivity index (χ3v) is 4.23. The van der Waals surface area contributed by atoms with Crippen LogP contribution in [-0.2, 0) is 9.53 Å². The van der Waals surface area contributed by atoms with E-state index in [2.05, 4.69) is 5.32 Å². The molecule has 2 aromatic carbocycles. The van der Waals surface area contributed by atoms with E-state index in [1.165, 1.54) is 0 Å². The van der Waals surface area contributed by atoms with Crippen molar-refractivity contribution in [3.63, 3.8) is 0 Å². The zero-order chi connectivity index (χ0) is 19.8. The minimum absolute atomic E-state index is 0.104. The fraction of sp³-hybridized carbons (Fsp3) is 0.182. The van der Waals surface area contributed by atoms with Gasteiger partial charge in [0.15, 0.2) is 18.3 Å². The Morgan fingerprint density at radius 1 is 1.04 bits per heavy atom. The average Bonchev–Trinajstić information content (AvgIpc) is 3.24. The summed E-state index contributed by atoms with van der Waals surface area (Å²) >= 11 is 0. The summed E-state index contributed by atoms with van der Waals surface area (Å²) in [5.74, 6) is 0.270. The van der Waals surface area contributed by atoms with E-state index >= 15 is 0 Å². The second-order valence-corrected chi connectivity index (χ2v) is 6.19. The minimum atomic E-state index is -0.377. The molecule has 0 saturated carbocycles. The van der Waals surface area contributed by atoms with Gasteiger partial charge in [0.1, 0.15) is 0 Å². The van der Waals surface area contributed by atoms with Crippen LogP contribution >= 0.6 is 0 Å². The van der Waals surface area contributed by atoms with Crippen LogP contribution in [0.3, 0.4) is 0 Å². The second kappa shape index (κ2) is 9.53. The number of anilines is 1. The lowest BCUT2D eigenvalue weighted by Crippen LogP contribution is -2.87. The van der Waals surface area contributed by atoms with Gasteiger partial charge in [-0.25, -0.2) is 4.79 Å². The Labute approximate surface area is 163 Å². The van der Waals surface area contributed by atoms with Gasteiger partial charge in [0.25, 0.3) is 5.91 Å². The number of carbonyl (C=O) groups is 2. The number of ether oxygens (including phenoxy) is 1. The number of benzene rings is 2. The number of rotatable bonds is 8. The van der Waals surface area contributed by atoms with Gasteiger partial charge in [-0.2, -0.15) is 0 Å². The molecular formula is C22H23N2O4+. The van der Waals surface area contributed by atoms with Crippen molar-refractivity contribution in [3.8, 4) is 0 Å². The summed E-state index contributed by atoms with van der Waals surface area (Å²) < 4.78 is 10.5. The van der Waals surface area contributed by atoms with Crippen molar-refractivity contribution < 1.29 is 24.1 Å². The molecule has 3 aromatic rings. The van der Waals surface area contributed by atoms with Crippen molar-refractivity contribution in [1.29, 1.82) is 0 Å². The first-order valence-corrected chi connectivity index (χ1v) is 9.16. The topological polar surface area (TPSA) is 85.1 Å². The SMILES string of the molecule is CCOC(=O)c1ccc(NC(=O)C[NH2+][C@H](c2ccccc2)c2ccco2)cc1. The van der Waals surface area contributed by atoms with E-state index in [1.807, 2.05) is 47.8 Å². The summed E-state index contributed by atoms with van der Waals surface area (Å²) in [6.45, 7) is 2.31. The van der Waals surface area contributed by atoms with Gasteiger partial charge in [0, 0.05) is 11.3 Å². The predicted molar refractivity (Wildman–Crippen MR) is 105 cm³/mol. The molecule has 6 nitrogen and oxygen atoms in total. The number of nitrogens with two attached hydrogens (primary N) is 1. The summed E-state index contributed by atoms with van der Waals surface area (Å²) in [6.07, 6.45) is 1.63. The van der Waals surface area contributed by atoms with E-state index in [0.29, 0.717) is 17.9 Å². The molecule has 6 heteroatoms. The Kier molecular flexibility index (Phi) is 6.59. The molecule has 3 rings (SSSR count). The number of quaternary nitrogens is 1. The van der Waals surface area contributed by atoms with Gasteiger partial charge >= 0.3 is 5.97 Å². The molecule has 144 valence electrons. The van der Waals surface area contributed by atoms with Crippen LogP contribution in [0.4, 0.5) is 5.69 Å². The third kappa shape index (κ3) is 5.08. The van der Waals surface area contributed by atoms with Crippen molar-refractivity contribution in [1.82, 2.24) is 0 Å². The summed E-state index contributed by atoms with van der Waals surface area (Å²) in [6, 6.07) is 20.2. The molecule has 0 radical (unpaired) electrons. The van der Waals surface area contributed by atoms with Crippen molar-refractivity contribution in [2.24, 2.45) is 0 Å². The highest BCUT2D eigenvalue weighted by molar-refractivity contribution is 5.93. The summed E-state index contributed by atoms with van der Waals surface area (Å²) in [7, 11) is 0. The molecule has 28 heavy (non-hydrogen) atoms. The smallest absolute Gasteiger partial charge is 0.338 e. The fourth-order valence-electron chi connectivity index (χ4n) is 2.89.